The highest BCUT2D eigenvalue weighted by molar-refractivity contribution is 8.63. The van der Waals surface area contributed by atoms with Gasteiger partial charge in [0.15, 0.2) is 0 Å². The zero-order valence-corrected chi connectivity index (χ0v) is 11.2. The maximum atomic E-state index is 10.2. The van der Waals surface area contributed by atoms with E-state index in [-0.39, 0.29) is 6.61 Å². The van der Waals surface area contributed by atoms with Gasteiger partial charge in [0, 0.05) is 0 Å². The van der Waals surface area contributed by atoms with E-state index in [0.29, 0.717) is 0 Å². The van der Waals surface area contributed by atoms with Crippen LogP contribution in [0.25, 0.3) is 0 Å². The van der Waals surface area contributed by atoms with E-state index in [1.54, 1.807) is 0 Å². The van der Waals surface area contributed by atoms with Crippen LogP contribution in [0, 0.1) is 0 Å². The first-order valence-corrected chi connectivity index (χ1v) is 8.07. The molecule has 0 aliphatic carbocycles. The van der Waals surface area contributed by atoms with Gasteiger partial charge in [-0.1, -0.05) is 25.5 Å². The van der Waals surface area contributed by atoms with Crippen LogP contribution in [0.1, 0.15) is 33.6 Å². The number of rotatable bonds is 5. The molecule has 0 aromatic rings. The molecule has 16 heavy (non-hydrogen) atoms. The van der Waals surface area contributed by atoms with Crippen LogP contribution in [0.2, 0.25) is 0 Å². The lowest BCUT2D eigenvalue weighted by atomic mass is 10.3. The Morgan fingerprint density at radius 2 is 1.69 bits per heavy atom. The van der Waals surface area contributed by atoms with Crippen LogP contribution in [0.5, 0.6) is 0 Å². The average molecular weight is 274 g/mol. The minimum Gasteiger partial charge on any atom is -0.272 e. The van der Waals surface area contributed by atoms with Crippen LogP contribution < -0.4 is 0 Å². The molecular weight excluding hydrogens is 256 g/mol. The summed E-state index contributed by atoms with van der Waals surface area (Å²) in [5.41, 5.74) is 0. The fourth-order valence-corrected chi connectivity index (χ4v) is 1.60. The summed E-state index contributed by atoms with van der Waals surface area (Å²) in [6, 6.07) is 0. The number of allylic oxidation sites excluding steroid dienone is 2. The normalized spacial score (nSPS) is 12.2. The molecule has 0 saturated carbocycles. The summed E-state index contributed by atoms with van der Waals surface area (Å²) in [4.78, 5) is 0. The predicted molar refractivity (Wildman–Crippen MR) is 61.8 cm³/mol. The zero-order chi connectivity index (χ0) is 13.2. The van der Waals surface area contributed by atoms with Crippen molar-refractivity contribution in [3.05, 3.63) is 12.2 Å². The lowest BCUT2D eigenvalue weighted by molar-refractivity contribution is 0.343. The lowest BCUT2D eigenvalue weighted by Crippen LogP contribution is -2.16. The molecule has 0 aliphatic heterocycles. The van der Waals surface area contributed by atoms with Gasteiger partial charge in [-0.3, -0.25) is 8.74 Å². The second-order valence-corrected chi connectivity index (χ2v) is 7.00. The van der Waals surface area contributed by atoms with Crippen LogP contribution >= 0.6 is 0 Å². The van der Waals surface area contributed by atoms with E-state index in [1.807, 2.05) is 0 Å². The van der Waals surface area contributed by atoms with Crippen molar-refractivity contribution < 1.29 is 25.6 Å². The molecule has 0 rings (SSSR count). The molecule has 6 nitrogen and oxygen atoms in total. The summed E-state index contributed by atoms with van der Waals surface area (Å²) in [5, 5.41) is 0. The van der Waals surface area contributed by atoms with E-state index < -0.39 is 18.3 Å². The average Bonchev–Trinajstić information content (AvgIpc) is 2.14. The van der Waals surface area contributed by atoms with E-state index >= 15 is 0 Å². The molecule has 0 aliphatic rings. The molecule has 8 heteroatoms. The molecule has 98 valence electrons. The van der Waals surface area contributed by atoms with E-state index in [9.17, 15) is 16.8 Å². The Morgan fingerprint density at radius 1 is 1.19 bits per heavy atom. The maximum Gasteiger partial charge on any atom is 0.399 e. The van der Waals surface area contributed by atoms with Gasteiger partial charge < -0.3 is 0 Å². The molecule has 1 N–H and O–H groups in total. The van der Waals surface area contributed by atoms with E-state index in [0.717, 1.165) is 0 Å². The summed E-state index contributed by atoms with van der Waals surface area (Å²) in [7, 11) is -9.93. The first-order valence-electron chi connectivity index (χ1n) is 4.70. The summed E-state index contributed by atoms with van der Waals surface area (Å²) in [5.74, 6) is 0. The molecule has 0 heterocycles. The van der Waals surface area contributed by atoms with Crippen LogP contribution in [0.4, 0.5) is 0 Å². The molecule has 0 aromatic heterocycles. The highest BCUT2D eigenvalue weighted by Crippen LogP contribution is 2.00. The highest BCUT2D eigenvalue weighted by Gasteiger charge is 2.27. The van der Waals surface area contributed by atoms with E-state index in [2.05, 4.69) is 30.2 Å². The predicted octanol–water partition coefficient (Wildman–Crippen LogP) is 1.52. The summed E-state index contributed by atoms with van der Waals surface area (Å²) in [6.07, 6.45) is 6.77. The van der Waals surface area contributed by atoms with Gasteiger partial charge in [0.05, 0.1) is 6.61 Å². The van der Waals surface area contributed by atoms with E-state index in [4.69, 9.17) is 4.55 Å². The standard InChI is InChI=1S/C6H12.C2H6O6S2/c1-3-5-6-4-2;1-2-8-10(6,7)9(3,4)5/h3,5H,4,6H2,1-2H3;2H2,1H3,(H,3,4,5). The molecule has 0 spiro atoms. The molecular formula is C8H18O6S2. The Balaban J connectivity index is 0. The topological polar surface area (TPSA) is 97.7 Å². The largest absolute Gasteiger partial charge is 0.399 e. The van der Waals surface area contributed by atoms with Crippen LogP contribution in [-0.4, -0.2) is 28.0 Å². The van der Waals surface area contributed by atoms with Gasteiger partial charge in [0.1, 0.15) is 0 Å². The van der Waals surface area contributed by atoms with Crippen molar-refractivity contribution in [1.29, 1.82) is 0 Å². The van der Waals surface area contributed by atoms with Crippen LogP contribution in [0.15, 0.2) is 12.2 Å². The van der Waals surface area contributed by atoms with Gasteiger partial charge >= 0.3 is 18.3 Å². The minimum absolute atomic E-state index is 0.331. The van der Waals surface area contributed by atoms with Crippen molar-refractivity contribution in [2.45, 2.75) is 33.6 Å². The second kappa shape index (κ2) is 8.68. The van der Waals surface area contributed by atoms with Crippen molar-refractivity contribution in [2.24, 2.45) is 0 Å². The van der Waals surface area contributed by atoms with Crippen molar-refractivity contribution in [1.82, 2.24) is 0 Å². The Morgan fingerprint density at radius 3 is 1.81 bits per heavy atom. The number of unbranched alkanes of at least 4 members (excludes halogenated alkanes) is 1. The van der Waals surface area contributed by atoms with Gasteiger partial charge in [-0.05, 0) is 20.3 Å². The first-order chi connectivity index (χ1) is 7.22. The van der Waals surface area contributed by atoms with Gasteiger partial charge in [-0.2, -0.15) is 16.8 Å². The van der Waals surface area contributed by atoms with Gasteiger partial charge in [-0.25, -0.2) is 0 Å². The smallest absolute Gasteiger partial charge is 0.272 e. The van der Waals surface area contributed by atoms with Crippen molar-refractivity contribution >= 4 is 18.3 Å². The van der Waals surface area contributed by atoms with Crippen LogP contribution in [-0.2, 0) is 22.5 Å². The number of hydrogen-bond acceptors (Lipinski definition) is 5. The monoisotopic (exact) mass is 274 g/mol. The lowest BCUT2D eigenvalue weighted by Gasteiger charge is -1.96. The minimum atomic E-state index is -5.11. The Kier molecular flexibility index (Phi) is 9.73. The van der Waals surface area contributed by atoms with Crippen LogP contribution in [0.3, 0.4) is 0 Å². The zero-order valence-electron chi connectivity index (χ0n) is 9.58. The third-order valence-electron chi connectivity index (χ3n) is 1.21. The maximum absolute atomic E-state index is 10.2. The molecule has 0 unspecified atom stereocenters. The fraction of sp³-hybridized carbons (Fsp3) is 0.750. The molecule has 0 aromatic carbocycles. The van der Waals surface area contributed by atoms with Gasteiger partial charge in [0.25, 0.3) is 0 Å². The summed E-state index contributed by atoms with van der Waals surface area (Å²) < 4.78 is 51.8. The Labute approximate surface area is 96.6 Å². The highest BCUT2D eigenvalue weighted by atomic mass is 33.2. The van der Waals surface area contributed by atoms with Gasteiger partial charge in [-0.15, -0.1) is 0 Å². The second-order valence-electron chi connectivity index (χ2n) is 2.60. The summed E-state index contributed by atoms with van der Waals surface area (Å²) >= 11 is 0. The third-order valence-corrected chi connectivity index (χ3v) is 4.09. The van der Waals surface area contributed by atoms with E-state index in [1.165, 1.54) is 19.8 Å². The molecule has 0 saturated heterocycles. The van der Waals surface area contributed by atoms with Crippen molar-refractivity contribution in [2.75, 3.05) is 6.61 Å². The quantitative estimate of drug-likeness (QED) is 0.463. The first kappa shape index (κ1) is 17.9. The van der Waals surface area contributed by atoms with Crippen molar-refractivity contribution in [3.63, 3.8) is 0 Å². The van der Waals surface area contributed by atoms with Gasteiger partial charge in [0.2, 0.25) is 0 Å². The number of hydrogen-bond donors (Lipinski definition) is 1. The fourth-order valence-electron chi connectivity index (χ4n) is 0.538. The molecule has 0 amide bonds. The Hall–Kier alpha value is -0.440. The summed E-state index contributed by atoms with van der Waals surface area (Å²) in [6.45, 7) is 5.18. The molecule has 0 bridgehead atoms. The molecule has 0 atom stereocenters. The third kappa shape index (κ3) is 8.84. The van der Waals surface area contributed by atoms with Crippen molar-refractivity contribution in [3.8, 4) is 0 Å². The molecule has 0 radical (unpaired) electrons. The SMILES string of the molecule is CC=CCCC.CCOS(=O)(=O)S(=O)(=O)O. The Bertz CT molecular complexity index is 379. The molecule has 0 fully saturated rings.